The highest BCUT2D eigenvalue weighted by Crippen LogP contribution is 2.57. The van der Waals surface area contributed by atoms with E-state index in [2.05, 4.69) is 11.3 Å². The molecular weight excluding hydrogens is 528 g/mol. The molecule has 0 radical (unpaired) electrons. The summed E-state index contributed by atoms with van der Waals surface area (Å²) >= 11 is 0. The lowest BCUT2D eigenvalue weighted by molar-refractivity contribution is -0.389. The second kappa shape index (κ2) is 9.90. The average Bonchev–Trinajstić information content (AvgIpc) is 2.73. The van der Waals surface area contributed by atoms with E-state index in [1.54, 1.807) is 0 Å². The molecule has 210 valence electrons. The maximum absolute atomic E-state index is 13.7. The molecule has 0 atom stereocenters. The number of hydrogen-bond donors (Lipinski definition) is 1. The zero-order chi connectivity index (χ0) is 28.0. The third-order valence-corrected chi connectivity index (χ3v) is 7.51. The summed E-state index contributed by atoms with van der Waals surface area (Å²) in [6, 6.07) is 0. The Bertz CT molecular complexity index is 752. The van der Waals surface area contributed by atoms with Gasteiger partial charge in [0.15, 0.2) is 0 Å². The van der Waals surface area contributed by atoms with E-state index in [1.165, 1.54) is 0 Å². The molecule has 0 aromatic carbocycles. The van der Waals surface area contributed by atoms with Crippen molar-refractivity contribution >= 4 is 5.97 Å². The fourth-order valence-electron chi connectivity index (χ4n) is 5.65. The highest BCUT2D eigenvalue weighted by atomic mass is 19.4. The van der Waals surface area contributed by atoms with Crippen molar-refractivity contribution in [1.29, 1.82) is 0 Å². The number of carbonyl (C=O) groups excluding carboxylic acids is 1. The third kappa shape index (κ3) is 5.31. The smallest absolute Gasteiger partial charge is 0.436 e. The Hall–Kier alpha value is -1.67. The number of carbonyl (C=O) groups is 1. The molecule has 2 rings (SSSR count). The normalized spacial score (nSPS) is 27.5. The summed E-state index contributed by atoms with van der Waals surface area (Å²) in [6.45, 7) is 2.81. The van der Waals surface area contributed by atoms with Crippen LogP contribution in [0.3, 0.4) is 0 Å². The lowest BCUT2D eigenvalue weighted by Gasteiger charge is -2.46. The molecule has 2 saturated carbocycles. The highest BCUT2D eigenvalue weighted by molar-refractivity contribution is 5.81. The first-order valence-corrected chi connectivity index (χ1v) is 11.0. The van der Waals surface area contributed by atoms with E-state index in [0.29, 0.717) is 0 Å². The minimum absolute atomic E-state index is 0.166. The largest absolute Gasteiger partial charge is 0.437 e. The Morgan fingerprint density at radius 3 is 1.25 bits per heavy atom. The molecule has 0 heterocycles. The van der Waals surface area contributed by atoms with Gasteiger partial charge >= 0.3 is 36.3 Å². The van der Waals surface area contributed by atoms with Crippen LogP contribution in [0.1, 0.15) is 51.4 Å². The Balaban J connectivity index is 2.16. The van der Waals surface area contributed by atoms with Crippen LogP contribution in [0.25, 0.3) is 0 Å². The SMILES string of the molecule is C=CC(=O)OC(C1CCC(C2CCC(C(O)(C(F)(F)F)C(F)(F)F)CC2)CC1)(C(F)(F)F)C(F)(F)F. The Labute approximate surface area is 197 Å². The van der Waals surface area contributed by atoms with Crippen molar-refractivity contribution in [3.63, 3.8) is 0 Å². The molecular formula is C21H24F12O3. The van der Waals surface area contributed by atoms with Crippen LogP contribution in [0.4, 0.5) is 52.7 Å². The summed E-state index contributed by atoms with van der Waals surface area (Å²) in [5.41, 5.74) is -9.71. The van der Waals surface area contributed by atoms with Crippen molar-refractivity contribution in [2.75, 3.05) is 0 Å². The first kappa shape index (κ1) is 30.6. The van der Waals surface area contributed by atoms with Crippen LogP contribution in [0.15, 0.2) is 12.7 Å². The summed E-state index contributed by atoms with van der Waals surface area (Å²) < 4.78 is 165. The van der Waals surface area contributed by atoms with E-state index in [0.717, 1.165) is 0 Å². The van der Waals surface area contributed by atoms with Gasteiger partial charge in [-0.25, -0.2) is 4.79 Å². The Morgan fingerprint density at radius 2 is 0.972 bits per heavy atom. The summed E-state index contributed by atoms with van der Waals surface area (Å²) in [7, 11) is 0. The summed E-state index contributed by atoms with van der Waals surface area (Å²) in [5, 5.41) is 9.56. The van der Waals surface area contributed by atoms with Crippen LogP contribution in [0, 0.1) is 23.7 Å². The molecule has 0 aliphatic heterocycles. The molecule has 2 aliphatic rings. The van der Waals surface area contributed by atoms with Gasteiger partial charge < -0.3 is 9.84 Å². The molecule has 3 nitrogen and oxygen atoms in total. The molecule has 2 fully saturated rings. The first-order valence-electron chi connectivity index (χ1n) is 11.0. The minimum atomic E-state index is -6.01. The van der Waals surface area contributed by atoms with Gasteiger partial charge in [-0.1, -0.05) is 6.58 Å². The monoisotopic (exact) mass is 552 g/mol. The van der Waals surface area contributed by atoms with E-state index in [9.17, 15) is 62.6 Å². The molecule has 2 aliphatic carbocycles. The number of alkyl halides is 12. The van der Waals surface area contributed by atoms with Gasteiger partial charge in [0.2, 0.25) is 0 Å². The van der Waals surface area contributed by atoms with E-state index in [4.69, 9.17) is 0 Å². The highest BCUT2D eigenvalue weighted by Gasteiger charge is 2.77. The van der Waals surface area contributed by atoms with Gasteiger partial charge in [0, 0.05) is 17.9 Å². The quantitative estimate of drug-likeness (QED) is 0.226. The summed E-state index contributed by atoms with van der Waals surface area (Å²) in [4.78, 5) is 11.4. The summed E-state index contributed by atoms with van der Waals surface area (Å²) in [6.07, 6.45) is -27.5. The van der Waals surface area contributed by atoms with Gasteiger partial charge in [-0.2, -0.15) is 52.7 Å². The topological polar surface area (TPSA) is 46.5 Å². The van der Waals surface area contributed by atoms with Crippen molar-refractivity contribution in [2.45, 2.75) is 87.3 Å². The number of rotatable bonds is 5. The molecule has 1 N–H and O–H groups in total. The van der Waals surface area contributed by atoms with E-state index in [-0.39, 0.29) is 31.8 Å². The van der Waals surface area contributed by atoms with Gasteiger partial charge in [-0.15, -0.1) is 0 Å². The molecule has 0 aromatic heterocycles. The Morgan fingerprint density at radius 1 is 0.639 bits per heavy atom. The van der Waals surface area contributed by atoms with Crippen molar-refractivity contribution in [2.24, 2.45) is 23.7 Å². The fourth-order valence-corrected chi connectivity index (χ4v) is 5.65. The van der Waals surface area contributed by atoms with Gasteiger partial charge in [-0.05, 0) is 63.2 Å². The predicted molar refractivity (Wildman–Crippen MR) is 99.1 cm³/mol. The molecule has 0 unspecified atom stereocenters. The van der Waals surface area contributed by atoms with Gasteiger partial charge in [0.25, 0.3) is 5.60 Å². The molecule has 0 saturated heterocycles. The zero-order valence-electron chi connectivity index (χ0n) is 18.5. The molecule has 36 heavy (non-hydrogen) atoms. The second-order valence-corrected chi connectivity index (χ2v) is 9.34. The molecule has 0 bridgehead atoms. The number of halogens is 12. The van der Waals surface area contributed by atoms with Crippen LogP contribution >= 0.6 is 0 Å². The van der Waals surface area contributed by atoms with Crippen LogP contribution in [-0.4, -0.2) is 47.0 Å². The van der Waals surface area contributed by atoms with Gasteiger partial charge in [0.05, 0.1) is 0 Å². The van der Waals surface area contributed by atoms with Crippen molar-refractivity contribution in [3.05, 3.63) is 12.7 Å². The summed E-state index contributed by atoms with van der Waals surface area (Å²) in [5.74, 6) is -7.41. The number of aliphatic hydroxyl groups is 1. The maximum atomic E-state index is 13.7. The average molecular weight is 552 g/mol. The fraction of sp³-hybridized carbons (Fsp3) is 0.857. The number of esters is 1. The van der Waals surface area contributed by atoms with Crippen molar-refractivity contribution in [3.8, 4) is 0 Å². The number of ether oxygens (including phenoxy) is 1. The van der Waals surface area contributed by atoms with Gasteiger partial charge in [-0.3, -0.25) is 0 Å². The number of hydrogen-bond acceptors (Lipinski definition) is 3. The van der Waals surface area contributed by atoms with Crippen LogP contribution in [-0.2, 0) is 9.53 Å². The maximum Gasteiger partial charge on any atom is 0.437 e. The lowest BCUT2D eigenvalue weighted by atomic mass is 9.64. The van der Waals surface area contributed by atoms with Crippen LogP contribution in [0.5, 0.6) is 0 Å². The van der Waals surface area contributed by atoms with E-state index < -0.39 is 91.2 Å². The van der Waals surface area contributed by atoms with E-state index >= 15 is 0 Å². The molecule has 0 amide bonds. The van der Waals surface area contributed by atoms with Gasteiger partial charge in [0.1, 0.15) is 0 Å². The zero-order valence-corrected chi connectivity index (χ0v) is 18.5. The van der Waals surface area contributed by atoms with Crippen molar-refractivity contribution < 1.29 is 67.3 Å². The van der Waals surface area contributed by atoms with Crippen molar-refractivity contribution in [1.82, 2.24) is 0 Å². The van der Waals surface area contributed by atoms with E-state index in [1.807, 2.05) is 0 Å². The molecule has 0 spiro atoms. The van der Waals surface area contributed by atoms with Crippen LogP contribution < -0.4 is 0 Å². The third-order valence-electron chi connectivity index (χ3n) is 7.51. The lowest BCUT2D eigenvalue weighted by Crippen LogP contribution is -2.64. The molecule has 15 heteroatoms. The Kier molecular flexibility index (Phi) is 8.40. The standard InChI is InChI=1S/C21H24F12O3/c1-2-15(34)36-17(20(28,29)30,21(31,32)33)14-9-5-12(6-10-14)11-3-7-13(8-4-11)16(35,18(22,23)24)19(25,26)27/h2,11-14,35H,1,3-10H2. The second-order valence-electron chi connectivity index (χ2n) is 9.34. The first-order chi connectivity index (χ1) is 16.1. The molecule has 0 aromatic rings. The van der Waals surface area contributed by atoms with Crippen LogP contribution in [0.2, 0.25) is 0 Å². The minimum Gasteiger partial charge on any atom is -0.436 e. The predicted octanol–water partition coefficient (Wildman–Crippen LogP) is 7.05.